The summed E-state index contributed by atoms with van der Waals surface area (Å²) < 4.78 is 60.0. The molecule has 0 amide bonds. The number of alkyl halides is 3. The van der Waals surface area contributed by atoms with Gasteiger partial charge in [0.25, 0.3) is 0 Å². The smallest absolute Gasteiger partial charge is 0.435 e. The number of hydrogen-bond acceptors (Lipinski definition) is 7. The Morgan fingerprint density at radius 2 is 1.90 bits per heavy atom. The van der Waals surface area contributed by atoms with Crippen LogP contribution in [0.4, 0.5) is 29.2 Å². The lowest BCUT2D eigenvalue weighted by atomic mass is 10.0. The first kappa shape index (κ1) is 27.5. The quantitative estimate of drug-likeness (QED) is 0.202. The zero-order chi connectivity index (χ0) is 28.8. The third-order valence-electron chi connectivity index (χ3n) is 6.04. The van der Waals surface area contributed by atoms with Crippen LogP contribution >= 0.6 is 11.6 Å². The predicted octanol–water partition coefficient (Wildman–Crippen LogP) is 6.72. The molecule has 4 aromatic rings. The molecule has 0 radical (unpaired) electrons. The molecule has 3 heterocycles. The van der Waals surface area contributed by atoms with Crippen LogP contribution < -0.4 is 5.32 Å². The van der Waals surface area contributed by atoms with Crippen molar-refractivity contribution < 1.29 is 27.1 Å². The molecule has 1 aliphatic carbocycles. The van der Waals surface area contributed by atoms with E-state index in [1.165, 1.54) is 24.5 Å². The summed E-state index contributed by atoms with van der Waals surface area (Å²) in [4.78, 5) is 25.5. The summed E-state index contributed by atoms with van der Waals surface area (Å²) in [6, 6.07) is 6.53. The average molecular weight is 575 g/mol. The molecule has 0 bridgehead atoms. The van der Waals surface area contributed by atoms with Crippen molar-refractivity contribution in [1.82, 2.24) is 24.7 Å². The maximum Gasteiger partial charge on any atom is 0.435 e. The number of rotatable bonds is 6. The number of anilines is 2. The van der Waals surface area contributed by atoms with E-state index in [1.807, 2.05) is 0 Å². The van der Waals surface area contributed by atoms with Crippen molar-refractivity contribution in [3.05, 3.63) is 77.2 Å². The molecule has 1 saturated carbocycles. The van der Waals surface area contributed by atoms with Gasteiger partial charge in [-0.2, -0.15) is 23.3 Å². The van der Waals surface area contributed by atoms with Crippen molar-refractivity contribution in [1.29, 1.82) is 0 Å². The van der Waals surface area contributed by atoms with Gasteiger partial charge in [-0.25, -0.2) is 14.1 Å². The molecule has 0 saturated heterocycles. The average Bonchev–Trinajstić information content (AvgIpc) is 3.52. The second-order valence-electron chi connectivity index (χ2n) is 10.3. The molecule has 8 nitrogen and oxygen atoms in total. The van der Waals surface area contributed by atoms with Crippen molar-refractivity contribution in [2.45, 2.75) is 44.9 Å². The van der Waals surface area contributed by atoms with Crippen LogP contribution in [0.2, 0.25) is 5.02 Å². The summed E-state index contributed by atoms with van der Waals surface area (Å²) in [6.45, 7) is 5.40. The van der Waals surface area contributed by atoms with Crippen molar-refractivity contribution >= 4 is 29.2 Å². The largest absolute Gasteiger partial charge is 0.460 e. The van der Waals surface area contributed by atoms with E-state index in [1.54, 1.807) is 33.0 Å². The van der Waals surface area contributed by atoms with Crippen molar-refractivity contribution in [3.8, 4) is 16.9 Å². The predicted molar refractivity (Wildman–Crippen MR) is 139 cm³/mol. The maximum absolute atomic E-state index is 13.6. The van der Waals surface area contributed by atoms with Gasteiger partial charge >= 0.3 is 12.1 Å². The SMILES string of the molecule is CC(C)(C)OC(=O)[C@@H]1C[C@H]1c1cncc(-c2cnc(Nc3ccc(F)c(Cl)c3)nc2-n2ccc(C(F)(F)F)n2)c1. The molecule has 40 heavy (non-hydrogen) atoms. The molecule has 0 spiro atoms. The fourth-order valence-electron chi connectivity index (χ4n) is 4.12. The lowest BCUT2D eigenvalue weighted by Gasteiger charge is -2.19. The second-order valence-corrected chi connectivity index (χ2v) is 10.7. The van der Waals surface area contributed by atoms with E-state index in [-0.39, 0.29) is 34.6 Å². The van der Waals surface area contributed by atoms with Crippen LogP contribution in [0.25, 0.3) is 16.9 Å². The molecule has 5 rings (SSSR count). The van der Waals surface area contributed by atoms with Crippen LogP contribution in [0.15, 0.2) is 55.1 Å². The van der Waals surface area contributed by atoms with Gasteiger partial charge in [-0.1, -0.05) is 11.6 Å². The molecule has 1 fully saturated rings. The van der Waals surface area contributed by atoms with E-state index < -0.39 is 23.3 Å². The van der Waals surface area contributed by atoms with E-state index in [2.05, 4.69) is 25.4 Å². The van der Waals surface area contributed by atoms with Crippen molar-refractivity contribution in [2.24, 2.45) is 5.92 Å². The Kier molecular flexibility index (Phi) is 6.99. The van der Waals surface area contributed by atoms with E-state index in [9.17, 15) is 22.4 Å². The van der Waals surface area contributed by atoms with E-state index in [0.717, 1.165) is 28.6 Å². The zero-order valence-corrected chi connectivity index (χ0v) is 22.3. The zero-order valence-electron chi connectivity index (χ0n) is 21.5. The molecular formula is C27H23ClF4N6O2. The normalized spacial score (nSPS) is 17.0. The minimum Gasteiger partial charge on any atom is -0.460 e. The van der Waals surface area contributed by atoms with Gasteiger partial charge in [-0.15, -0.1) is 0 Å². The lowest BCUT2D eigenvalue weighted by Crippen LogP contribution is -2.25. The third kappa shape index (κ3) is 6.06. The molecule has 1 N–H and O–H groups in total. The van der Waals surface area contributed by atoms with Crippen LogP contribution in [-0.4, -0.2) is 36.3 Å². The van der Waals surface area contributed by atoms with E-state index in [0.29, 0.717) is 23.2 Å². The standard InChI is InChI=1S/C27H23ClF4N6O2/c1-26(2,3)40-24(39)18-10-17(18)14-8-15(12-33-11-14)19-13-34-25(35-16-4-5-21(29)20(28)9-16)36-23(19)38-7-6-22(37-38)27(30,31)32/h4-9,11-13,17-18H,10H2,1-3H3,(H,34,35,36)/t17-,18+/m0/s1. The minimum atomic E-state index is -4.66. The van der Waals surface area contributed by atoms with Gasteiger partial charge in [0.15, 0.2) is 11.5 Å². The highest BCUT2D eigenvalue weighted by atomic mass is 35.5. The molecular weight excluding hydrogens is 552 g/mol. The summed E-state index contributed by atoms with van der Waals surface area (Å²) in [6.07, 6.45) is 1.67. The van der Waals surface area contributed by atoms with Gasteiger partial charge in [-0.05, 0) is 69.0 Å². The van der Waals surface area contributed by atoms with Crippen molar-refractivity contribution in [3.63, 3.8) is 0 Å². The molecule has 3 aromatic heterocycles. The Hall–Kier alpha value is -4.06. The summed E-state index contributed by atoms with van der Waals surface area (Å²) in [5, 5.41) is 6.41. The van der Waals surface area contributed by atoms with Gasteiger partial charge in [-0.3, -0.25) is 9.78 Å². The Balaban J connectivity index is 1.50. The first-order valence-corrected chi connectivity index (χ1v) is 12.6. The Bertz CT molecular complexity index is 1580. The first-order chi connectivity index (χ1) is 18.8. The van der Waals surface area contributed by atoms with Gasteiger partial charge in [0.2, 0.25) is 5.95 Å². The number of ether oxygens (including phenoxy) is 1. The molecule has 2 atom stereocenters. The molecule has 13 heteroatoms. The summed E-state index contributed by atoms with van der Waals surface area (Å²) in [7, 11) is 0. The van der Waals surface area contributed by atoms with E-state index >= 15 is 0 Å². The topological polar surface area (TPSA) is 94.8 Å². The van der Waals surface area contributed by atoms with Gasteiger partial charge in [0, 0.05) is 41.6 Å². The number of esters is 1. The van der Waals surface area contributed by atoms with Gasteiger partial charge < -0.3 is 10.1 Å². The highest BCUT2D eigenvalue weighted by molar-refractivity contribution is 6.31. The molecule has 0 aliphatic heterocycles. The van der Waals surface area contributed by atoms with Crippen LogP contribution in [-0.2, 0) is 15.7 Å². The number of pyridine rings is 1. The molecule has 208 valence electrons. The first-order valence-electron chi connectivity index (χ1n) is 12.2. The third-order valence-corrected chi connectivity index (χ3v) is 6.33. The van der Waals surface area contributed by atoms with Gasteiger partial charge in [0.05, 0.1) is 10.9 Å². The number of aromatic nitrogens is 5. The fourth-order valence-corrected chi connectivity index (χ4v) is 4.30. The van der Waals surface area contributed by atoms with Crippen LogP contribution in [0.5, 0.6) is 0 Å². The second kappa shape index (κ2) is 10.2. The number of carbonyl (C=O) groups excluding carboxylic acids is 1. The fraction of sp³-hybridized carbons (Fsp3) is 0.296. The summed E-state index contributed by atoms with van der Waals surface area (Å²) >= 11 is 5.85. The van der Waals surface area contributed by atoms with Crippen LogP contribution in [0, 0.1) is 11.7 Å². The Labute approximate surface area is 231 Å². The number of halogens is 5. The number of nitrogens with zero attached hydrogens (tertiary/aromatic N) is 5. The van der Waals surface area contributed by atoms with Gasteiger partial charge in [0.1, 0.15) is 11.4 Å². The number of carbonyl (C=O) groups is 1. The van der Waals surface area contributed by atoms with E-state index in [4.69, 9.17) is 16.3 Å². The Morgan fingerprint density at radius 3 is 2.58 bits per heavy atom. The minimum absolute atomic E-state index is 0.0155. The molecule has 0 unspecified atom stereocenters. The molecule has 1 aliphatic rings. The number of benzene rings is 1. The highest BCUT2D eigenvalue weighted by Gasteiger charge is 2.46. The summed E-state index contributed by atoms with van der Waals surface area (Å²) in [5.74, 6) is -1.25. The Morgan fingerprint density at radius 1 is 1.12 bits per heavy atom. The summed E-state index contributed by atoms with van der Waals surface area (Å²) in [5.41, 5.74) is 0.309. The maximum atomic E-state index is 13.6. The molecule has 1 aromatic carbocycles. The van der Waals surface area contributed by atoms with Crippen LogP contribution in [0.3, 0.4) is 0 Å². The highest BCUT2D eigenvalue weighted by Crippen LogP contribution is 2.49. The lowest BCUT2D eigenvalue weighted by molar-refractivity contribution is -0.156. The van der Waals surface area contributed by atoms with Crippen molar-refractivity contribution in [2.75, 3.05) is 5.32 Å². The number of nitrogens with one attached hydrogen (secondary N) is 1. The number of hydrogen-bond donors (Lipinski definition) is 1. The van der Waals surface area contributed by atoms with Crippen LogP contribution in [0.1, 0.15) is 44.4 Å². The monoisotopic (exact) mass is 574 g/mol.